The van der Waals surface area contributed by atoms with Crippen molar-refractivity contribution in [3.05, 3.63) is 29.3 Å². The number of carbonyl (C=O) groups excluding carboxylic acids is 1. The standard InChI is InChI=1S/C20H29N5OS/c1-12-8-6-10-17(14(12)3)21-19(26)16(5)27-20-22-23-24-25(20)18-11-7-9-13(2)15(18)4/h7,9,11-12,14,16-17H,6,8,10H2,1-5H3,(H,21,26)/t12-,14-,16+,17+/m0/s1. The summed E-state index contributed by atoms with van der Waals surface area (Å²) in [6.07, 6.45) is 3.50. The van der Waals surface area contributed by atoms with Gasteiger partial charge < -0.3 is 5.32 Å². The molecule has 1 saturated carbocycles. The predicted molar refractivity (Wildman–Crippen MR) is 108 cm³/mol. The molecule has 27 heavy (non-hydrogen) atoms. The number of tetrazole rings is 1. The molecule has 6 nitrogen and oxygen atoms in total. The van der Waals surface area contributed by atoms with Gasteiger partial charge in [0.25, 0.3) is 0 Å². The van der Waals surface area contributed by atoms with Gasteiger partial charge in [-0.2, -0.15) is 4.68 Å². The van der Waals surface area contributed by atoms with Gasteiger partial charge in [0.1, 0.15) is 0 Å². The van der Waals surface area contributed by atoms with E-state index >= 15 is 0 Å². The third-order valence-electron chi connectivity index (χ3n) is 5.93. The Balaban J connectivity index is 1.70. The average Bonchev–Trinajstić information content (AvgIpc) is 3.09. The lowest BCUT2D eigenvalue weighted by Gasteiger charge is -2.35. The molecule has 0 unspecified atom stereocenters. The van der Waals surface area contributed by atoms with Crippen LogP contribution < -0.4 is 5.32 Å². The summed E-state index contributed by atoms with van der Waals surface area (Å²) >= 11 is 1.40. The fourth-order valence-electron chi connectivity index (χ4n) is 3.67. The van der Waals surface area contributed by atoms with E-state index in [0.717, 1.165) is 17.7 Å². The third kappa shape index (κ3) is 4.34. The highest BCUT2D eigenvalue weighted by Crippen LogP contribution is 2.30. The van der Waals surface area contributed by atoms with Gasteiger partial charge >= 0.3 is 0 Å². The number of thioether (sulfide) groups is 1. The monoisotopic (exact) mass is 387 g/mol. The van der Waals surface area contributed by atoms with Crippen molar-refractivity contribution in [3.8, 4) is 5.69 Å². The van der Waals surface area contributed by atoms with Crippen molar-refractivity contribution in [2.24, 2.45) is 11.8 Å². The van der Waals surface area contributed by atoms with Gasteiger partial charge in [0.15, 0.2) is 0 Å². The van der Waals surface area contributed by atoms with Crippen molar-refractivity contribution in [1.82, 2.24) is 25.5 Å². The Morgan fingerprint density at radius 1 is 1.30 bits per heavy atom. The van der Waals surface area contributed by atoms with Crippen molar-refractivity contribution in [3.63, 3.8) is 0 Å². The van der Waals surface area contributed by atoms with Crippen LogP contribution in [0.1, 0.15) is 51.2 Å². The Labute approximate surface area is 165 Å². The summed E-state index contributed by atoms with van der Waals surface area (Å²) < 4.78 is 1.72. The van der Waals surface area contributed by atoms with Gasteiger partial charge in [0.05, 0.1) is 10.9 Å². The zero-order valence-electron chi connectivity index (χ0n) is 16.8. The van der Waals surface area contributed by atoms with E-state index in [1.165, 1.54) is 30.2 Å². The maximum Gasteiger partial charge on any atom is 0.233 e. The number of carbonyl (C=O) groups is 1. The third-order valence-corrected chi connectivity index (χ3v) is 6.96. The Hall–Kier alpha value is -1.89. The molecule has 4 atom stereocenters. The van der Waals surface area contributed by atoms with Crippen LogP contribution in [-0.4, -0.2) is 37.4 Å². The van der Waals surface area contributed by atoms with Crippen LogP contribution >= 0.6 is 11.8 Å². The first-order valence-electron chi connectivity index (χ1n) is 9.70. The number of hydrogen-bond acceptors (Lipinski definition) is 5. The molecule has 1 aliphatic carbocycles. The van der Waals surface area contributed by atoms with Gasteiger partial charge in [-0.3, -0.25) is 4.79 Å². The number of benzene rings is 1. The zero-order valence-corrected chi connectivity index (χ0v) is 17.6. The molecule has 1 amide bonds. The fourth-order valence-corrected chi connectivity index (χ4v) is 4.48. The maximum absolute atomic E-state index is 12.7. The van der Waals surface area contributed by atoms with Gasteiger partial charge in [0, 0.05) is 6.04 Å². The molecule has 7 heteroatoms. The molecule has 1 N–H and O–H groups in total. The van der Waals surface area contributed by atoms with Crippen molar-refractivity contribution in [1.29, 1.82) is 0 Å². The van der Waals surface area contributed by atoms with Crippen LogP contribution in [0.25, 0.3) is 5.69 Å². The molecule has 1 heterocycles. The van der Waals surface area contributed by atoms with E-state index in [2.05, 4.69) is 54.6 Å². The minimum atomic E-state index is -0.260. The van der Waals surface area contributed by atoms with Crippen molar-refractivity contribution < 1.29 is 4.79 Å². The molecular weight excluding hydrogens is 358 g/mol. The van der Waals surface area contributed by atoms with E-state index < -0.39 is 0 Å². The van der Waals surface area contributed by atoms with Crippen molar-refractivity contribution in [2.45, 2.75) is 70.3 Å². The van der Waals surface area contributed by atoms with E-state index in [1.54, 1.807) is 4.68 Å². The van der Waals surface area contributed by atoms with Gasteiger partial charge in [-0.1, -0.05) is 50.6 Å². The quantitative estimate of drug-likeness (QED) is 0.792. The van der Waals surface area contributed by atoms with Gasteiger partial charge in [0.2, 0.25) is 11.1 Å². The van der Waals surface area contributed by atoms with Crippen LogP contribution in [0.5, 0.6) is 0 Å². The van der Waals surface area contributed by atoms with E-state index in [9.17, 15) is 4.79 Å². The van der Waals surface area contributed by atoms with Crippen LogP contribution in [-0.2, 0) is 4.79 Å². The van der Waals surface area contributed by atoms with E-state index in [1.807, 2.05) is 19.1 Å². The van der Waals surface area contributed by atoms with Crippen LogP contribution in [0.3, 0.4) is 0 Å². The van der Waals surface area contributed by atoms with Crippen LogP contribution in [0.4, 0.5) is 0 Å². The number of aromatic nitrogens is 4. The lowest BCUT2D eigenvalue weighted by molar-refractivity contribution is -0.121. The molecule has 0 bridgehead atoms. The Bertz CT molecular complexity index is 805. The molecule has 1 aliphatic rings. The van der Waals surface area contributed by atoms with E-state index in [-0.39, 0.29) is 17.2 Å². The van der Waals surface area contributed by atoms with Crippen LogP contribution in [0.2, 0.25) is 0 Å². The second-order valence-electron chi connectivity index (χ2n) is 7.73. The van der Waals surface area contributed by atoms with E-state index in [0.29, 0.717) is 17.0 Å². The van der Waals surface area contributed by atoms with Gasteiger partial charge in [-0.05, 0) is 66.6 Å². The smallest absolute Gasteiger partial charge is 0.233 e. The van der Waals surface area contributed by atoms with Crippen molar-refractivity contribution in [2.75, 3.05) is 0 Å². The number of rotatable bonds is 5. The summed E-state index contributed by atoms with van der Waals surface area (Å²) in [6, 6.07) is 6.33. The number of hydrogen-bond donors (Lipinski definition) is 1. The second kappa shape index (κ2) is 8.42. The largest absolute Gasteiger partial charge is 0.352 e. The SMILES string of the molecule is Cc1cccc(-n2nnnc2S[C@H](C)C(=O)N[C@@H]2CCC[C@H](C)[C@@H]2C)c1C. The molecule has 146 valence electrons. The number of nitrogens with zero attached hydrogens (tertiary/aromatic N) is 4. The van der Waals surface area contributed by atoms with Crippen molar-refractivity contribution >= 4 is 17.7 Å². The first-order valence-corrected chi connectivity index (χ1v) is 10.6. The molecule has 0 aliphatic heterocycles. The first kappa shape index (κ1) is 19.9. The molecule has 2 aromatic rings. The molecule has 0 spiro atoms. The molecular formula is C20H29N5OS. The Morgan fingerprint density at radius 3 is 2.85 bits per heavy atom. The fraction of sp³-hybridized carbons (Fsp3) is 0.600. The summed E-state index contributed by atoms with van der Waals surface area (Å²) in [5.41, 5.74) is 3.27. The van der Waals surface area contributed by atoms with E-state index in [4.69, 9.17) is 0 Å². The molecule has 1 aromatic carbocycles. The topological polar surface area (TPSA) is 72.7 Å². The lowest BCUT2D eigenvalue weighted by Crippen LogP contribution is -2.46. The summed E-state index contributed by atoms with van der Waals surface area (Å²) in [4.78, 5) is 12.7. The summed E-state index contributed by atoms with van der Waals surface area (Å²) in [6.45, 7) is 10.6. The zero-order chi connectivity index (χ0) is 19.6. The second-order valence-corrected chi connectivity index (χ2v) is 9.04. The average molecular weight is 388 g/mol. The highest BCUT2D eigenvalue weighted by molar-refractivity contribution is 8.00. The molecule has 1 aromatic heterocycles. The summed E-state index contributed by atoms with van der Waals surface area (Å²) in [5, 5.41) is 15.7. The minimum absolute atomic E-state index is 0.0569. The molecule has 1 fully saturated rings. The minimum Gasteiger partial charge on any atom is -0.352 e. The highest BCUT2D eigenvalue weighted by atomic mass is 32.2. The maximum atomic E-state index is 12.7. The van der Waals surface area contributed by atoms with Gasteiger partial charge in [-0.15, -0.1) is 5.10 Å². The first-order chi connectivity index (χ1) is 12.9. The highest BCUT2D eigenvalue weighted by Gasteiger charge is 2.30. The normalized spacial score (nSPS) is 23.8. The summed E-state index contributed by atoms with van der Waals surface area (Å²) in [5.74, 6) is 1.23. The molecule has 0 radical (unpaired) electrons. The predicted octanol–water partition coefficient (Wildman–Crippen LogP) is 3.70. The van der Waals surface area contributed by atoms with Crippen LogP contribution in [0.15, 0.2) is 23.4 Å². The number of nitrogens with one attached hydrogen (secondary N) is 1. The number of aryl methyl sites for hydroxylation is 1. The number of amides is 1. The summed E-state index contributed by atoms with van der Waals surface area (Å²) in [7, 11) is 0. The molecule has 0 saturated heterocycles. The Kier molecular flexibility index (Phi) is 6.19. The Morgan fingerprint density at radius 2 is 2.07 bits per heavy atom. The molecule has 3 rings (SSSR count). The lowest BCUT2D eigenvalue weighted by atomic mass is 9.78. The van der Waals surface area contributed by atoms with Gasteiger partial charge in [-0.25, -0.2) is 0 Å². The van der Waals surface area contributed by atoms with Crippen LogP contribution in [0, 0.1) is 25.7 Å².